The fourth-order valence-electron chi connectivity index (χ4n) is 3.27. The van der Waals surface area contributed by atoms with Gasteiger partial charge in [-0.25, -0.2) is 0 Å². The maximum atomic E-state index is 9.86. The number of aliphatic hydroxyl groups is 2. The highest BCUT2D eigenvalue weighted by molar-refractivity contribution is 4.84. The van der Waals surface area contributed by atoms with Crippen LogP contribution in [0.2, 0.25) is 0 Å². The Bertz CT molecular complexity index is 235. The van der Waals surface area contributed by atoms with Gasteiger partial charge in [-0.15, -0.1) is 0 Å². The first-order valence-electron chi connectivity index (χ1n) is 8.16. The molecule has 1 saturated heterocycles. The SMILES string of the molecule is CCCC(O)CC[C@H]1CCC[C@@H](CC(O)CC)N1C. The van der Waals surface area contributed by atoms with E-state index in [0.29, 0.717) is 12.1 Å². The molecule has 0 aromatic heterocycles. The van der Waals surface area contributed by atoms with Crippen molar-refractivity contribution in [3.63, 3.8) is 0 Å². The Balaban J connectivity index is 2.37. The molecule has 0 amide bonds. The Morgan fingerprint density at radius 2 is 1.74 bits per heavy atom. The molecule has 1 heterocycles. The van der Waals surface area contributed by atoms with Gasteiger partial charge >= 0.3 is 0 Å². The molecule has 3 nitrogen and oxygen atoms in total. The summed E-state index contributed by atoms with van der Waals surface area (Å²) in [6, 6.07) is 1.12. The lowest BCUT2D eigenvalue weighted by Crippen LogP contribution is -2.45. The number of nitrogens with zero attached hydrogens (tertiary/aromatic N) is 1. The molecule has 1 fully saturated rings. The van der Waals surface area contributed by atoms with Crippen LogP contribution in [0.15, 0.2) is 0 Å². The van der Waals surface area contributed by atoms with E-state index in [0.717, 1.165) is 38.5 Å². The first kappa shape index (κ1) is 16.9. The highest BCUT2D eigenvalue weighted by Crippen LogP contribution is 2.27. The fraction of sp³-hybridized carbons (Fsp3) is 1.00. The molecule has 0 radical (unpaired) electrons. The van der Waals surface area contributed by atoms with Crippen molar-refractivity contribution >= 4 is 0 Å². The Hall–Kier alpha value is -0.120. The Labute approximate surface area is 119 Å². The summed E-state index contributed by atoms with van der Waals surface area (Å²) in [7, 11) is 2.20. The minimum atomic E-state index is -0.156. The van der Waals surface area contributed by atoms with Gasteiger partial charge in [0.2, 0.25) is 0 Å². The van der Waals surface area contributed by atoms with Gasteiger partial charge in [0.05, 0.1) is 12.2 Å². The van der Waals surface area contributed by atoms with E-state index in [1.54, 1.807) is 0 Å². The van der Waals surface area contributed by atoms with Gasteiger partial charge in [-0.2, -0.15) is 0 Å². The number of aliphatic hydroxyl groups excluding tert-OH is 2. The standard InChI is InChI=1S/C16H33NO2/c1-4-7-16(19)11-10-13-8-6-9-14(17(13)3)12-15(18)5-2/h13-16,18-19H,4-12H2,1-3H3/t13-,14+,15?,16?/m1/s1. The summed E-state index contributed by atoms with van der Waals surface area (Å²) >= 11 is 0. The van der Waals surface area contributed by atoms with Gasteiger partial charge in [-0.3, -0.25) is 0 Å². The molecule has 2 unspecified atom stereocenters. The maximum Gasteiger partial charge on any atom is 0.0552 e. The number of piperidine rings is 1. The molecule has 0 spiro atoms. The van der Waals surface area contributed by atoms with Gasteiger partial charge in [-0.05, 0) is 52.0 Å². The van der Waals surface area contributed by atoms with E-state index in [-0.39, 0.29) is 12.2 Å². The van der Waals surface area contributed by atoms with Gasteiger partial charge in [0, 0.05) is 12.1 Å². The monoisotopic (exact) mass is 271 g/mol. The van der Waals surface area contributed by atoms with E-state index in [4.69, 9.17) is 0 Å². The van der Waals surface area contributed by atoms with Crippen LogP contribution in [0.25, 0.3) is 0 Å². The van der Waals surface area contributed by atoms with Crippen molar-refractivity contribution in [3.8, 4) is 0 Å². The average molecular weight is 271 g/mol. The molecule has 0 aromatic carbocycles. The van der Waals surface area contributed by atoms with E-state index in [2.05, 4.69) is 18.9 Å². The second-order valence-electron chi connectivity index (χ2n) is 6.22. The van der Waals surface area contributed by atoms with Gasteiger partial charge in [0.15, 0.2) is 0 Å². The molecule has 3 heteroatoms. The van der Waals surface area contributed by atoms with Crippen LogP contribution in [0.4, 0.5) is 0 Å². The summed E-state index contributed by atoms with van der Waals surface area (Å²) in [5.74, 6) is 0. The van der Waals surface area contributed by atoms with E-state index in [1.807, 2.05) is 6.92 Å². The first-order valence-corrected chi connectivity index (χ1v) is 8.16. The highest BCUT2D eigenvalue weighted by atomic mass is 16.3. The van der Waals surface area contributed by atoms with Crippen molar-refractivity contribution in [2.24, 2.45) is 0 Å². The zero-order valence-electron chi connectivity index (χ0n) is 13.0. The van der Waals surface area contributed by atoms with E-state index in [9.17, 15) is 10.2 Å². The quantitative estimate of drug-likeness (QED) is 0.713. The largest absolute Gasteiger partial charge is 0.393 e. The summed E-state index contributed by atoms with van der Waals surface area (Å²) in [6.45, 7) is 4.17. The third kappa shape index (κ3) is 5.80. The smallest absolute Gasteiger partial charge is 0.0552 e. The van der Waals surface area contributed by atoms with Crippen LogP contribution in [0.3, 0.4) is 0 Å². The third-order valence-corrected chi connectivity index (χ3v) is 4.70. The van der Waals surface area contributed by atoms with Crippen LogP contribution in [-0.4, -0.2) is 46.5 Å². The van der Waals surface area contributed by atoms with Gasteiger partial charge in [0.25, 0.3) is 0 Å². The molecule has 1 aliphatic rings. The lowest BCUT2D eigenvalue weighted by Gasteiger charge is -2.41. The molecule has 19 heavy (non-hydrogen) atoms. The van der Waals surface area contributed by atoms with Crippen molar-refractivity contribution in [3.05, 3.63) is 0 Å². The molecule has 4 atom stereocenters. The Kier molecular flexibility index (Phi) is 7.96. The molecule has 114 valence electrons. The second kappa shape index (κ2) is 8.93. The lowest BCUT2D eigenvalue weighted by molar-refractivity contribution is 0.0488. The van der Waals surface area contributed by atoms with Crippen molar-refractivity contribution in [2.75, 3.05) is 7.05 Å². The summed E-state index contributed by atoms with van der Waals surface area (Å²) in [4.78, 5) is 2.46. The molecule has 0 bridgehead atoms. The Morgan fingerprint density at radius 1 is 1.05 bits per heavy atom. The molecule has 2 N–H and O–H groups in total. The maximum absolute atomic E-state index is 9.86. The normalized spacial score (nSPS) is 28.3. The topological polar surface area (TPSA) is 43.7 Å². The van der Waals surface area contributed by atoms with Crippen LogP contribution >= 0.6 is 0 Å². The number of likely N-dealkylation sites (tertiary alicyclic amines) is 1. The summed E-state index contributed by atoms with van der Waals surface area (Å²) in [5.41, 5.74) is 0. The number of hydrogen-bond donors (Lipinski definition) is 2. The number of rotatable bonds is 8. The third-order valence-electron chi connectivity index (χ3n) is 4.70. The van der Waals surface area contributed by atoms with Crippen molar-refractivity contribution in [2.45, 2.75) is 95.9 Å². The predicted octanol–water partition coefficient (Wildman–Crippen LogP) is 2.94. The van der Waals surface area contributed by atoms with Crippen LogP contribution in [0.5, 0.6) is 0 Å². The fourth-order valence-corrected chi connectivity index (χ4v) is 3.27. The molecular weight excluding hydrogens is 238 g/mol. The molecule has 0 saturated carbocycles. The van der Waals surface area contributed by atoms with Crippen molar-refractivity contribution in [1.82, 2.24) is 4.90 Å². The summed E-state index contributed by atoms with van der Waals surface area (Å²) in [5, 5.41) is 19.7. The van der Waals surface area contributed by atoms with E-state index in [1.165, 1.54) is 19.3 Å². The van der Waals surface area contributed by atoms with Crippen LogP contribution in [-0.2, 0) is 0 Å². The van der Waals surface area contributed by atoms with Crippen molar-refractivity contribution < 1.29 is 10.2 Å². The van der Waals surface area contributed by atoms with E-state index >= 15 is 0 Å². The predicted molar refractivity (Wildman–Crippen MR) is 80.3 cm³/mol. The van der Waals surface area contributed by atoms with E-state index < -0.39 is 0 Å². The second-order valence-corrected chi connectivity index (χ2v) is 6.22. The summed E-state index contributed by atoms with van der Waals surface area (Å²) < 4.78 is 0. The van der Waals surface area contributed by atoms with Crippen LogP contribution in [0, 0.1) is 0 Å². The lowest BCUT2D eigenvalue weighted by atomic mass is 9.89. The Morgan fingerprint density at radius 3 is 2.37 bits per heavy atom. The first-order chi connectivity index (χ1) is 9.08. The molecular formula is C16H33NO2. The van der Waals surface area contributed by atoms with Gasteiger partial charge in [0.1, 0.15) is 0 Å². The molecule has 1 aliphatic heterocycles. The van der Waals surface area contributed by atoms with Crippen LogP contribution < -0.4 is 0 Å². The zero-order chi connectivity index (χ0) is 14.3. The minimum absolute atomic E-state index is 0.125. The zero-order valence-corrected chi connectivity index (χ0v) is 13.0. The molecule has 1 rings (SSSR count). The molecule has 0 aromatic rings. The highest BCUT2D eigenvalue weighted by Gasteiger charge is 2.28. The average Bonchev–Trinajstić information content (AvgIpc) is 2.40. The minimum Gasteiger partial charge on any atom is -0.393 e. The van der Waals surface area contributed by atoms with Crippen LogP contribution in [0.1, 0.15) is 71.6 Å². The van der Waals surface area contributed by atoms with Crippen molar-refractivity contribution in [1.29, 1.82) is 0 Å². The summed E-state index contributed by atoms with van der Waals surface area (Å²) in [6.07, 6.45) is 9.20. The van der Waals surface area contributed by atoms with Gasteiger partial charge in [-0.1, -0.05) is 26.7 Å². The number of hydrogen-bond acceptors (Lipinski definition) is 3. The molecule has 0 aliphatic carbocycles. The van der Waals surface area contributed by atoms with Gasteiger partial charge < -0.3 is 15.1 Å².